The van der Waals surface area contributed by atoms with E-state index in [2.05, 4.69) is 15.9 Å². The molecule has 76 valence electrons. The van der Waals surface area contributed by atoms with E-state index in [9.17, 15) is 9.59 Å². The number of carbonyl (C=O) groups excluding carboxylic acids is 1. The first kappa shape index (κ1) is 12.4. The number of amides is 1. The Kier molecular flexibility index (Phi) is 6.52. The number of carboxylic acids is 1. The molecule has 0 fully saturated rings. The second kappa shape index (κ2) is 6.85. The molecule has 0 rings (SSSR count). The Morgan fingerprint density at radius 1 is 1.38 bits per heavy atom. The number of carboxylic acid groups (broad SMARTS) is 1. The number of hydrogen-bond donors (Lipinski definition) is 2. The third-order valence-electron chi connectivity index (χ3n) is 1.48. The number of alkyl halides is 1. The van der Waals surface area contributed by atoms with Gasteiger partial charge in [-0.25, -0.2) is 0 Å². The second-order valence-electron chi connectivity index (χ2n) is 2.42. The van der Waals surface area contributed by atoms with Gasteiger partial charge in [-0.05, 0) is 0 Å². The number of aliphatic carboxylic acids is 1. The molecule has 0 atom stereocenters. The summed E-state index contributed by atoms with van der Waals surface area (Å²) in [4.78, 5) is 22.8. The van der Waals surface area contributed by atoms with Crippen LogP contribution in [0.4, 0.5) is 0 Å². The summed E-state index contributed by atoms with van der Waals surface area (Å²) in [5.41, 5.74) is 5.16. The van der Waals surface area contributed by atoms with Gasteiger partial charge in [0, 0.05) is 18.4 Å². The highest BCUT2D eigenvalue weighted by molar-refractivity contribution is 9.09. The first-order chi connectivity index (χ1) is 6.11. The first-order valence-electron chi connectivity index (χ1n) is 3.87. The van der Waals surface area contributed by atoms with E-state index in [1.807, 2.05) is 0 Å². The second-order valence-corrected chi connectivity index (χ2v) is 3.21. The maximum atomic E-state index is 11.1. The number of halogens is 1. The fraction of sp³-hybridized carbons (Fsp3) is 0.714. The quantitative estimate of drug-likeness (QED) is 0.633. The Labute approximate surface area is 85.0 Å². The van der Waals surface area contributed by atoms with Crippen molar-refractivity contribution in [3.05, 3.63) is 0 Å². The van der Waals surface area contributed by atoms with Crippen molar-refractivity contribution in [1.29, 1.82) is 0 Å². The third kappa shape index (κ3) is 5.59. The van der Waals surface area contributed by atoms with E-state index in [0.29, 0.717) is 11.9 Å². The summed E-state index contributed by atoms with van der Waals surface area (Å²) in [5, 5.41) is 9.03. The number of rotatable bonds is 6. The maximum Gasteiger partial charge on any atom is 0.305 e. The summed E-state index contributed by atoms with van der Waals surface area (Å²) in [5.74, 6) is -1.13. The van der Waals surface area contributed by atoms with E-state index in [1.54, 1.807) is 0 Å². The average molecular weight is 253 g/mol. The predicted octanol–water partition coefficient (Wildman–Crippen LogP) is -0.357. The minimum atomic E-state index is -0.913. The van der Waals surface area contributed by atoms with Gasteiger partial charge in [0.25, 0.3) is 0 Å². The van der Waals surface area contributed by atoms with Crippen LogP contribution in [-0.4, -0.2) is 46.8 Å². The lowest BCUT2D eigenvalue weighted by Crippen LogP contribution is -2.38. The van der Waals surface area contributed by atoms with Crippen LogP contribution in [0, 0.1) is 0 Å². The van der Waals surface area contributed by atoms with Gasteiger partial charge in [-0.1, -0.05) is 15.9 Å². The van der Waals surface area contributed by atoms with Crippen LogP contribution >= 0.6 is 15.9 Å². The van der Waals surface area contributed by atoms with Crippen LogP contribution in [0.1, 0.15) is 6.42 Å². The highest BCUT2D eigenvalue weighted by Gasteiger charge is 2.11. The van der Waals surface area contributed by atoms with Crippen LogP contribution in [0.5, 0.6) is 0 Å². The molecule has 0 heterocycles. The molecular weight excluding hydrogens is 240 g/mol. The molecule has 0 radical (unpaired) electrons. The standard InChI is InChI=1S/C7H13BrN2O3/c8-2-4-10(6(11)5-9)3-1-7(12)13/h1-5,9H2,(H,12,13). The van der Waals surface area contributed by atoms with Crippen molar-refractivity contribution in [2.45, 2.75) is 6.42 Å². The van der Waals surface area contributed by atoms with Gasteiger partial charge in [0.1, 0.15) is 0 Å². The number of hydrogen-bond acceptors (Lipinski definition) is 3. The number of carbonyl (C=O) groups is 2. The van der Waals surface area contributed by atoms with Crippen LogP contribution < -0.4 is 5.73 Å². The zero-order valence-corrected chi connectivity index (χ0v) is 8.79. The van der Waals surface area contributed by atoms with Crippen LogP contribution in [0.15, 0.2) is 0 Å². The van der Waals surface area contributed by atoms with Crippen LogP contribution in [0.25, 0.3) is 0 Å². The van der Waals surface area contributed by atoms with Crippen LogP contribution in [0.3, 0.4) is 0 Å². The van der Waals surface area contributed by atoms with Gasteiger partial charge >= 0.3 is 5.97 Å². The predicted molar refractivity (Wildman–Crippen MR) is 51.7 cm³/mol. The minimum Gasteiger partial charge on any atom is -0.481 e. The van der Waals surface area contributed by atoms with E-state index in [-0.39, 0.29) is 25.4 Å². The Hall–Kier alpha value is -0.620. The molecule has 1 amide bonds. The lowest BCUT2D eigenvalue weighted by Gasteiger charge is -2.19. The van der Waals surface area contributed by atoms with Gasteiger partial charge in [0.05, 0.1) is 13.0 Å². The van der Waals surface area contributed by atoms with E-state index < -0.39 is 5.97 Å². The van der Waals surface area contributed by atoms with Gasteiger partial charge in [0.2, 0.25) is 5.91 Å². The monoisotopic (exact) mass is 252 g/mol. The smallest absolute Gasteiger partial charge is 0.305 e. The summed E-state index contributed by atoms with van der Waals surface area (Å²) in [7, 11) is 0. The maximum absolute atomic E-state index is 11.1. The molecule has 6 heteroatoms. The highest BCUT2D eigenvalue weighted by atomic mass is 79.9. The van der Waals surface area contributed by atoms with Crippen molar-refractivity contribution in [2.24, 2.45) is 5.73 Å². The summed E-state index contributed by atoms with van der Waals surface area (Å²) >= 11 is 3.17. The molecule has 0 aromatic carbocycles. The van der Waals surface area contributed by atoms with Crippen LogP contribution in [0.2, 0.25) is 0 Å². The molecule has 0 aromatic heterocycles. The molecule has 0 aliphatic rings. The largest absolute Gasteiger partial charge is 0.481 e. The molecule has 5 nitrogen and oxygen atoms in total. The molecule has 0 bridgehead atoms. The van der Waals surface area contributed by atoms with E-state index in [1.165, 1.54) is 4.90 Å². The Morgan fingerprint density at radius 2 is 2.00 bits per heavy atom. The normalized spacial score (nSPS) is 9.69. The zero-order valence-electron chi connectivity index (χ0n) is 7.20. The number of nitrogens with zero attached hydrogens (tertiary/aromatic N) is 1. The molecule has 0 aliphatic heterocycles. The molecule has 0 aliphatic carbocycles. The molecule has 13 heavy (non-hydrogen) atoms. The van der Waals surface area contributed by atoms with Crippen LogP contribution in [-0.2, 0) is 9.59 Å². The van der Waals surface area contributed by atoms with Crippen molar-refractivity contribution in [3.63, 3.8) is 0 Å². The molecule has 0 unspecified atom stereocenters. The SMILES string of the molecule is NCC(=O)N(CCBr)CCC(=O)O. The van der Waals surface area contributed by atoms with Crippen molar-refractivity contribution in [3.8, 4) is 0 Å². The zero-order chi connectivity index (χ0) is 10.3. The van der Waals surface area contributed by atoms with Gasteiger partial charge in [-0.3, -0.25) is 9.59 Å². The molecule has 0 saturated carbocycles. The van der Waals surface area contributed by atoms with E-state index in [4.69, 9.17) is 10.8 Å². The summed E-state index contributed by atoms with van der Waals surface area (Å²) in [6.45, 7) is 0.632. The molecule has 0 aromatic rings. The highest BCUT2D eigenvalue weighted by Crippen LogP contribution is 1.94. The Bertz CT molecular complexity index is 187. The molecular formula is C7H13BrN2O3. The fourth-order valence-corrected chi connectivity index (χ4v) is 1.25. The van der Waals surface area contributed by atoms with Crippen molar-refractivity contribution < 1.29 is 14.7 Å². The first-order valence-corrected chi connectivity index (χ1v) is 4.99. The fourth-order valence-electron chi connectivity index (χ4n) is 0.823. The summed E-state index contributed by atoms with van der Waals surface area (Å²) < 4.78 is 0. The lowest BCUT2D eigenvalue weighted by molar-refractivity contribution is -0.138. The Balaban J connectivity index is 3.93. The Morgan fingerprint density at radius 3 is 2.38 bits per heavy atom. The summed E-state index contributed by atoms with van der Waals surface area (Å²) in [6, 6.07) is 0. The average Bonchev–Trinajstić information content (AvgIpc) is 2.10. The van der Waals surface area contributed by atoms with Gasteiger partial charge in [-0.2, -0.15) is 0 Å². The summed E-state index contributed by atoms with van der Waals surface area (Å²) in [6.07, 6.45) is -0.0429. The lowest BCUT2D eigenvalue weighted by atomic mass is 10.3. The minimum absolute atomic E-state index is 0.0429. The number of nitrogens with two attached hydrogens (primary N) is 1. The third-order valence-corrected chi connectivity index (χ3v) is 1.83. The van der Waals surface area contributed by atoms with Crippen molar-refractivity contribution >= 4 is 27.8 Å². The van der Waals surface area contributed by atoms with E-state index in [0.717, 1.165) is 0 Å². The van der Waals surface area contributed by atoms with Gasteiger partial charge in [-0.15, -0.1) is 0 Å². The molecule has 0 spiro atoms. The molecule has 3 N–H and O–H groups in total. The van der Waals surface area contributed by atoms with Crippen molar-refractivity contribution in [2.75, 3.05) is 25.0 Å². The van der Waals surface area contributed by atoms with E-state index >= 15 is 0 Å². The van der Waals surface area contributed by atoms with Crippen molar-refractivity contribution in [1.82, 2.24) is 4.90 Å². The molecule has 0 saturated heterocycles. The van der Waals surface area contributed by atoms with Gasteiger partial charge < -0.3 is 15.7 Å². The van der Waals surface area contributed by atoms with Gasteiger partial charge in [0.15, 0.2) is 0 Å². The topological polar surface area (TPSA) is 83.6 Å².